The van der Waals surface area contributed by atoms with Crippen LogP contribution in [0.25, 0.3) is 0 Å². The zero-order valence-electron chi connectivity index (χ0n) is 10.2. The van der Waals surface area contributed by atoms with Gasteiger partial charge in [-0.1, -0.05) is 13.0 Å². The van der Waals surface area contributed by atoms with Crippen molar-refractivity contribution in [2.45, 2.75) is 26.3 Å². The summed E-state index contributed by atoms with van der Waals surface area (Å²) < 4.78 is 0. The minimum absolute atomic E-state index is 0.243. The van der Waals surface area contributed by atoms with Gasteiger partial charge in [0.2, 0.25) is 0 Å². The molecule has 0 fully saturated rings. The summed E-state index contributed by atoms with van der Waals surface area (Å²) in [5, 5.41) is 5.82. The molecule has 1 aromatic rings. The van der Waals surface area contributed by atoms with Crippen LogP contribution in [0.2, 0.25) is 0 Å². The van der Waals surface area contributed by atoms with Crippen molar-refractivity contribution in [3.63, 3.8) is 0 Å². The predicted molar refractivity (Wildman–Crippen MR) is 67.9 cm³/mol. The minimum Gasteiger partial charge on any atom is -0.366 e. The first-order valence-corrected chi connectivity index (χ1v) is 5.65. The van der Waals surface area contributed by atoms with Gasteiger partial charge in [0.1, 0.15) is 11.5 Å². The number of amides is 1. The van der Waals surface area contributed by atoms with Gasteiger partial charge >= 0.3 is 0 Å². The molecule has 1 heterocycles. The van der Waals surface area contributed by atoms with Gasteiger partial charge in [-0.05, 0) is 13.3 Å². The number of hydrogen-bond acceptors (Lipinski definition) is 4. The van der Waals surface area contributed by atoms with E-state index >= 15 is 0 Å². The monoisotopic (exact) mass is 234 g/mol. The number of nitrogens with one attached hydrogen (secondary N) is 2. The highest BCUT2D eigenvalue weighted by Gasteiger charge is 2.07. The molecule has 0 aliphatic carbocycles. The van der Waals surface area contributed by atoms with Crippen LogP contribution in [0.15, 0.2) is 25.0 Å². The van der Waals surface area contributed by atoms with Crippen LogP contribution in [-0.2, 0) is 0 Å². The number of aromatic nitrogens is 2. The first-order chi connectivity index (χ1) is 8.17. The normalized spacial score (nSPS) is 11.6. The van der Waals surface area contributed by atoms with E-state index in [9.17, 15) is 4.79 Å². The molecule has 1 amide bonds. The summed E-state index contributed by atoms with van der Waals surface area (Å²) in [6, 6.07) is 0.338. The fourth-order valence-corrected chi connectivity index (χ4v) is 1.13. The Balaban J connectivity index is 2.61. The Morgan fingerprint density at radius 2 is 2.29 bits per heavy atom. The van der Waals surface area contributed by atoms with Crippen LogP contribution in [0.3, 0.4) is 0 Å². The molecule has 5 heteroatoms. The van der Waals surface area contributed by atoms with Crippen LogP contribution < -0.4 is 10.6 Å². The van der Waals surface area contributed by atoms with Gasteiger partial charge in [0.15, 0.2) is 0 Å². The van der Waals surface area contributed by atoms with Crippen LogP contribution in [0.4, 0.5) is 5.82 Å². The molecule has 0 aliphatic heterocycles. The fourth-order valence-electron chi connectivity index (χ4n) is 1.13. The Morgan fingerprint density at radius 1 is 1.53 bits per heavy atom. The van der Waals surface area contributed by atoms with E-state index in [4.69, 9.17) is 0 Å². The van der Waals surface area contributed by atoms with Crippen molar-refractivity contribution in [2.75, 3.05) is 11.9 Å². The quantitative estimate of drug-likeness (QED) is 0.734. The second-order valence-electron chi connectivity index (χ2n) is 3.74. The van der Waals surface area contributed by atoms with E-state index < -0.39 is 0 Å². The molecule has 2 N–H and O–H groups in total. The SMILES string of the molecule is C=CCNC(=O)c1cnc(NC(C)CC)cn1. The number of hydrogen-bond donors (Lipinski definition) is 2. The Kier molecular flexibility index (Phi) is 5.13. The lowest BCUT2D eigenvalue weighted by molar-refractivity contribution is 0.0952. The van der Waals surface area contributed by atoms with Crippen LogP contribution in [0, 0.1) is 0 Å². The van der Waals surface area contributed by atoms with E-state index in [2.05, 4.69) is 41.0 Å². The fraction of sp³-hybridized carbons (Fsp3) is 0.417. The van der Waals surface area contributed by atoms with Gasteiger partial charge in [-0.3, -0.25) is 4.79 Å². The molecule has 0 bridgehead atoms. The Morgan fingerprint density at radius 3 is 2.82 bits per heavy atom. The van der Waals surface area contributed by atoms with E-state index in [0.29, 0.717) is 24.1 Å². The van der Waals surface area contributed by atoms with Crippen molar-refractivity contribution in [1.82, 2.24) is 15.3 Å². The number of nitrogens with zero attached hydrogens (tertiary/aromatic N) is 2. The zero-order valence-corrected chi connectivity index (χ0v) is 10.2. The smallest absolute Gasteiger partial charge is 0.271 e. The van der Waals surface area contributed by atoms with Gasteiger partial charge < -0.3 is 10.6 Å². The van der Waals surface area contributed by atoms with Crippen molar-refractivity contribution >= 4 is 11.7 Å². The third kappa shape index (κ3) is 4.22. The molecule has 1 aromatic heterocycles. The average Bonchev–Trinajstić information content (AvgIpc) is 2.36. The van der Waals surface area contributed by atoms with Gasteiger partial charge in [0, 0.05) is 12.6 Å². The second-order valence-corrected chi connectivity index (χ2v) is 3.74. The first-order valence-electron chi connectivity index (χ1n) is 5.65. The van der Waals surface area contributed by atoms with Crippen molar-refractivity contribution in [2.24, 2.45) is 0 Å². The average molecular weight is 234 g/mol. The molecular weight excluding hydrogens is 216 g/mol. The van der Waals surface area contributed by atoms with E-state index in [1.54, 1.807) is 12.3 Å². The molecular formula is C12H18N4O. The minimum atomic E-state index is -0.243. The molecule has 1 rings (SSSR count). The molecule has 1 atom stereocenters. The van der Waals surface area contributed by atoms with Gasteiger partial charge in [-0.25, -0.2) is 9.97 Å². The molecule has 1 unspecified atom stereocenters. The summed E-state index contributed by atoms with van der Waals surface area (Å²) in [4.78, 5) is 19.7. The van der Waals surface area contributed by atoms with Gasteiger partial charge in [-0.15, -0.1) is 6.58 Å². The highest BCUT2D eigenvalue weighted by atomic mass is 16.1. The van der Waals surface area contributed by atoms with Gasteiger partial charge in [-0.2, -0.15) is 0 Å². The number of carbonyl (C=O) groups excluding carboxylic acids is 1. The lowest BCUT2D eigenvalue weighted by Gasteiger charge is -2.11. The second kappa shape index (κ2) is 6.62. The highest BCUT2D eigenvalue weighted by Crippen LogP contribution is 2.04. The van der Waals surface area contributed by atoms with Crippen LogP contribution >= 0.6 is 0 Å². The Hall–Kier alpha value is -1.91. The Labute approximate surface area is 101 Å². The van der Waals surface area contributed by atoms with Crippen molar-refractivity contribution in [3.8, 4) is 0 Å². The van der Waals surface area contributed by atoms with E-state index in [0.717, 1.165) is 6.42 Å². The lowest BCUT2D eigenvalue weighted by atomic mass is 10.3. The molecule has 0 saturated heterocycles. The first kappa shape index (κ1) is 13.2. The summed E-state index contributed by atoms with van der Waals surface area (Å²) in [6.45, 7) is 8.09. The maximum absolute atomic E-state index is 11.5. The zero-order chi connectivity index (χ0) is 12.7. The molecule has 0 aromatic carbocycles. The van der Waals surface area contributed by atoms with Crippen molar-refractivity contribution < 1.29 is 4.79 Å². The standard InChI is InChI=1S/C12H18N4O/c1-4-6-13-12(17)10-7-15-11(8-14-10)16-9(3)5-2/h4,7-9H,1,5-6H2,2-3H3,(H,13,17)(H,15,16). The molecule has 92 valence electrons. The summed E-state index contributed by atoms with van der Waals surface area (Å²) in [5.41, 5.74) is 0.307. The largest absolute Gasteiger partial charge is 0.366 e. The van der Waals surface area contributed by atoms with E-state index in [1.807, 2.05) is 0 Å². The maximum Gasteiger partial charge on any atom is 0.271 e. The third-order valence-corrected chi connectivity index (χ3v) is 2.30. The molecule has 0 radical (unpaired) electrons. The topological polar surface area (TPSA) is 66.9 Å². The van der Waals surface area contributed by atoms with Gasteiger partial charge in [0.25, 0.3) is 5.91 Å². The van der Waals surface area contributed by atoms with Crippen LogP contribution in [0.1, 0.15) is 30.8 Å². The predicted octanol–water partition coefficient (Wildman–Crippen LogP) is 1.60. The summed E-state index contributed by atoms with van der Waals surface area (Å²) in [5.74, 6) is 0.437. The molecule has 0 saturated carbocycles. The molecule has 0 spiro atoms. The van der Waals surface area contributed by atoms with Gasteiger partial charge in [0.05, 0.1) is 12.4 Å². The van der Waals surface area contributed by atoms with E-state index in [1.165, 1.54) is 6.20 Å². The maximum atomic E-state index is 11.5. The summed E-state index contributed by atoms with van der Waals surface area (Å²) in [7, 11) is 0. The van der Waals surface area contributed by atoms with Crippen LogP contribution in [-0.4, -0.2) is 28.5 Å². The summed E-state index contributed by atoms with van der Waals surface area (Å²) in [6.07, 6.45) is 5.64. The summed E-state index contributed by atoms with van der Waals surface area (Å²) >= 11 is 0. The highest BCUT2D eigenvalue weighted by molar-refractivity contribution is 5.92. The van der Waals surface area contributed by atoms with Crippen molar-refractivity contribution in [1.29, 1.82) is 0 Å². The number of rotatable bonds is 6. The Bertz CT molecular complexity index is 375. The molecule has 17 heavy (non-hydrogen) atoms. The molecule has 0 aliphatic rings. The van der Waals surface area contributed by atoms with Crippen molar-refractivity contribution in [3.05, 3.63) is 30.7 Å². The van der Waals surface area contributed by atoms with Crippen LogP contribution in [0.5, 0.6) is 0 Å². The number of anilines is 1. The third-order valence-electron chi connectivity index (χ3n) is 2.30. The van der Waals surface area contributed by atoms with E-state index in [-0.39, 0.29) is 5.91 Å². The lowest BCUT2D eigenvalue weighted by Crippen LogP contribution is -2.24. The number of carbonyl (C=O) groups is 1. The molecule has 5 nitrogen and oxygen atoms in total.